The number of amides is 3. The van der Waals surface area contributed by atoms with Crippen molar-refractivity contribution < 1.29 is 23.9 Å². The lowest BCUT2D eigenvalue weighted by Gasteiger charge is -2.19. The SMILES string of the molecule is COC(=O)C[C@H](NC(=O)CNC(=O)c1ccc(N2CCCC2=O)cc1)c1ccccc1Cl. The smallest absolute Gasteiger partial charge is 0.307 e. The predicted molar refractivity (Wildman–Crippen MR) is 119 cm³/mol. The lowest BCUT2D eigenvalue weighted by Crippen LogP contribution is -2.39. The zero-order chi connectivity index (χ0) is 23.1. The Morgan fingerprint density at radius 3 is 2.47 bits per heavy atom. The minimum Gasteiger partial charge on any atom is -0.469 e. The van der Waals surface area contributed by atoms with E-state index >= 15 is 0 Å². The van der Waals surface area contributed by atoms with E-state index in [1.807, 2.05) is 0 Å². The Morgan fingerprint density at radius 1 is 1.12 bits per heavy atom. The van der Waals surface area contributed by atoms with E-state index in [0.717, 1.165) is 12.1 Å². The maximum absolute atomic E-state index is 12.4. The van der Waals surface area contributed by atoms with Crippen LogP contribution in [-0.4, -0.2) is 43.9 Å². The van der Waals surface area contributed by atoms with Gasteiger partial charge in [0.25, 0.3) is 5.91 Å². The second-order valence-corrected chi connectivity index (χ2v) is 7.71. The number of nitrogens with one attached hydrogen (secondary N) is 2. The molecular formula is C23H24ClN3O5. The van der Waals surface area contributed by atoms with E-state index < -0.39 is 23.8 Å². The van der Waals surface area contributed by atoms with Crippen molar-refractivity contribution >= 4 is 41.0 Å². The summed E-state index contributed by atoms with van der Waals surface area (Å²) < 4.78 is 4.71. The second kappa shape index (κ2) is 10.8. The first-order valence-electron chi connectivity index (χ1n) is 10.2. The topological polar surface area (TPSA) is 105 Å². The molecule has 8 nitrogen and oxygen atoms in total. The molecule has 1 fully saturated rings. The summed E-state index contributed by atoms with van der Waals surface area (Å²) in [4.78, 5) is 50.1. The van der Waals surface area contributed by atoms with E-state index in [4.69, 9.17) is 16.3 Å². The number of halogens is 1. The van der Waals surface area contributed by atoms with E-state index in [1.165, 1.54) is 7.11 Å². The average Bonchev–Trinajstić information content (AvgIpc) is 3.23. The molecule has 2 N–H and O–H groups in total. The summed E-state index contributed by atoms with van der Waals surface area (Å²) >= 11 is 6.21. The van der Waals surface area contributed by atoms with Crippen LogP contribution in [0, 0.1) is 0 Å². The van der Waals surface area contributed by atoms with Crippen molar-refractivity contribution in [3.63, 3.8) is 0 Å². The number of carbonyl (C=O) groups is 4. The molecule has 1 saturated heterocycles. The molecule has 3 amide bonds. The van der Waals surface area contributed by atoms with Gasteiger partial charge in [-0.2, -0.15) is 0 Å². The van der Waals surface area contributed by atoms with Crippen molar-refractivity contribution in [1.29, 1.82) is 0 Å². The zero-order valence-corrected chi connectivity index (χ0v) is 18.4. The van der Waals surface area contributed by atoms with Gasteiger partial charge in [0.2, 0.25) is 11.8 Å². The summed E-state index contributed by atoms with van der Waals surface area (Å²) in [6, 6.07) is 12.8. The van der Waals surface area contributed by atoms with Crippen LogP contribution in [0.25, 0.3) is 0 Å². The zero-order valence-electron chi connectivity index (χ0n) is 17.6. The van der Waals surface area contributed by atoms with E-state index in [-0.39, 0.29) is 18.9 Å². The van der Waals surface area contributed by atoms with Gasteiger partial charge in [-0.05, 0) is 42.3 Å². The lowest BCUT2D eigenvalue weighted by molar-refractivity contribution is -0.141. The van der Waals surface area contributed by atoms with Gasteiger partial charge in [-0.25, -0.2) is 0 Å². The number of benzene rings is 2. The molecule has 0 spiro atoms. The number of methoxy groups -OCH3 is 1. The highest BCUT2D eigenvalue weighted by molar-refractivity contribution is 6.31. The number of esters is 1. The molecule has 1 aliphatic rings. The second-order valence-electron chi connectivity index (χ2n) is 7.30. The molecule has 0 aromatic heterocycles. The predicted octanol–water partition coefficient (Wildman–Crippen LogP) is 2.62. The summed E-state index contributed by atoms with van der Waals surface area (Å²) in [6.07, 6.45) is 1.25. The highest BCUT2D eigenvalue weighted by Gasteiger charge is 2.23. The van der Waals surface area contributed by atoms with Gasteiger partial charge in [0.15, 0.2) is 0 Å². The van der Waals surface area contributed by atoms with Gasteiger partial charge in [-0.3, -0.25) is 19.2 Å². The van der Waals surface area contributed by atoms with Gasteiger partial charge < -0.3 is 20.3 Å². The number of rotatable bonds is 8. The van der Waals surface area contributed by atoms with Gasteiger partial charge in [0.05, 0.1) is 26.1 Å². The third-order valence-corrected chi connectivity index (χ3v) is 5.48. The fourth-order valence-corrected chi connectivity index (χ4v) is 3.74. The number of hydrogen-bond acceptors (Lipinski definition) is 5. The van der Waals surface area contributed by atoms with Gasteiger partial charge in [0.1, 0.15) is 0 Å². The minimum absolute atomic E-state index is 0.0684. The number of hydrogen-bond donors (Lipinski definition) is 2. The van der Waals surface area contributed by atoms with E-state index in [1.54, 1.807) is 53.4 Å². The molecule has 0 saturated carbocycles. The van der Waals surface area contributed by atoms with Crippen LogP contribution in [0.2, 0.25) is 5.02 Å². The molecule has 9 heteroatoms. The van der Waals surface area contributed by atoms with Crippen molar-refractivity contribution in [3.8, 4) is 0 Å². The molecule has 2 aromatic rings. The van der Waals surface area contributed by atoms with Crippen LogP contribution >= 0.6 is 11.6 Å². The summed E-state index contributed by atoms with van der Waals surface area (Å²) in [5.74, 6) is -1.34. The summed E-state index contributed by atoms with van der Waals surface area (Å²) in [5.41, 5.74) is 1.68. The van der Waals surface area contributed by atoms with Gasteiger partial charge in [-0.15, -0.1) is 0 Å². The third kappa shape index (κ3) is 5.85. The molecule has 2 aromatic carbocycles. The van der Waals surface area contributed by atoms with Crippen molar-refractivity contribution in [3.05, 3.63) is 64.7 Å². The van der Waals surface area contributed by atoms with Crippen LogP contribution < -0.4 is 15.5 Å². The number of carbonyl (C=O) groups excluding carboxylic acids is 4. The molecule has 3 rings (SSSR count). The van der Waals surface area contributed by atoms with Crippen LogP contribution in [0.5, 0.6) is 0 Å². The number of anilines is 1. The van der Waals surface area contributed by atoms with E-state index in [0.29, 0.717) is 29.1 Å². The van der Waals surface area contributed by atoms with Crippen LogP contribution in [0.15, 0.2) is 48.5 Å². The third-order valence-electron chi connectivity index (χ3n) is 5.14. The van der Waals surface area contributed by atoms with E-state index in [2.05, 4.69) is 10.6 Å². The molecule has 0 bridgehead atoms. The Hall–Kier alpha value is -3.39. The van der Waals surface area contributed by atoms with Gasteiger partial charge in [0, 0.05) is 29.2 Å². The fourth-order valence-electron chi connectivity index (χ4n) is 3.47. The molecule has 1 atom stereocenters. The van der Waals surface area contributed by atoms with Gasteiger partial charge >= 0.3 is 5.97 Å². The highest BCUT2D eigenvalue weighted by Crippen LogP contribution is 2.25. The minimum atomic E-state index is -0.696. The van der Waals surface area contributed by atoms with Crippen LogP contribution in [0.1, 0.15) is 41.2 Å². The lowest BCUT2D eigenvalue weighted by atomic mass is 10.0. The first kappa shape index (κ1) is 23.3. The molecule has 0 radical (unpaired) electrons. The van der Waals surface area contributed by atoms with Crippen LogP contribution in [0.3, 0.4) is 0 Å². The largest absolute Gasteiger partial charge is 0.469 e. The summed E-state index contributed by atoms with van der Waals surface area (Å²) in [6.45, 7) is 0.385. The Kier molecular flexibility index (Phi) is 7.83. The molecule has 32 heavy (non-hydrogen) atoms. The quantitative estimate of drug-likeness (QED) is 0.593. The highest BCUT2D eigenvalue weighted by atomic mass is 35.5. The Morgan fingerprint density at radius 2 is 1.84 bits per heavy atom. The molecule has 0 unspecified atom stereocenters. The Balaban J connectivity index is 1.58. The molecular weight excluding hydrogens is 434 g/mol. The molecule has 1 aliphatic heterocycles. The summed E-state index contributed by atoms with van der Waals surface area (Å²) in [5, 5.41) is 5.67. The molecule has 168 valence electrons. The van der Waals surface area contributed by atoms with Crippen molar-refractivity contribution in [2.75, 3.05) is 25.1 Å². The maximum Gasteiger partial charge on any atom is 0.307 e. The number of nitrogens with zero attached hydrogens (tertiary/aromatic N) is 1. The first-order chi connectivity index (χ1) is 15.4. The standard InChI is InChI=1S/C23H24ClN3O5/c1-32-22(30)13-19(17-5-2-3-6-18(17)24)26-20(28)14-25-23(31)15-8-10-16(11-9-15)27-12-4-7-21(27)29/h2-3,5-6,8-11,19H,4,7,12-14H2,1H3,(H,25,31)(H,26,28)/t19-/m0/s1. The fraction of sp³-hybridized carbons (Fsp3) is 0.304. The van der Waals surface area contributed by atoms with Crippen molar-refractivity contribution in [1.82, 2.24) is 10.6 Å². The first-order valence-corrected chi connectivity index (χ1v) is 10.6. The Labute approximate surface area is 190 Å². The van der Waals surface area contributed by atoms with E-state index in [9.17, 15) is 19.2 Å². The average molecular weight is 458 g/mol. The van der Waals surface area contributed by atoms with Crippen molar-refractivity contribution in [2.24, 2.45) is 0 Å². The number of ether oxygens (including phenoxy) is 1. The Bertz CT molecular complexity index is 1010. The molecule has 1 heterocycles. The molecule has 0 aliphatic carbocycles. The van der Waals surface area contributed by atoms with Crippen LogP contribution in [0.4, 0.5) is 5.69 Å². The van der Waals surface area contributed by atoms with Crippen LogP contribution in [-0.2, 0) is 19.1 Å². The maximum atomic E-state index is 12.4. The normalized spacial score (nSPS) is 14.1. The monoisotopic (exact) mass is 457 g/mol. The summed E-state index contributed by atoms with van der Waals surface area (Å²) in [7, 11) is 1.26. The van der Waals surface area contributed by atoms with Gasteiger partial charge in [-0.1, -0.05) is 29.8 Å². The van der Waals surface area contributed by atoms with Crippen molar-refractivity contribution in [2.45, 2.75) is 25.3 Å².